The highest BCUT2D eigenvalue weighted by atomic mass is 16.6. The summed E-state index contributed by atoms with van der Waals surface area (Å²) in [5.41, 5.74) is 1.51. The van der Waals surface area contributed by atoms with Crippen molar-refractivity contribution in [2.24, 2.45) is 0 Å². The van der Waals surface area contributed by atoms with Crippen LogP contribution in [0, 0.1) is 0 Å². The highest BCUT2D eigenvalue weighted by Gasteiger charge is 2.09. The fraction of sp³-hybridized carbons (Fsp3) is 0.294. The lowest BCUT2D eigenvalue weighted by Gasteiger charge is -2.14. The topological polar surface area (TPSA) is 57.2 Å². The predicted molar refractivity (Wildman–Crippen MR) is 82.3 cm³/mol. The number of ether oxygens (including phenoxy) is 4. The lowest BCUT2D eigenvalue weighted by molar-refractivity contribution is -0.112. The zero-order valence-corrected chi connectivity index (χ0v) is 12.9. The van der Waals surface area contributed by atoms with E-state index in [9.17, 15) is 5.11 Å². The Hall–Kier alpha value is -2.24. The molecule has 0 saturated carbocycles. The molecule has 118 valence electrons. The largest absolute Gasteiger partial charge is 0.497 e. The summed E-state index contributed by atoms with van der Waals surface area (Å²) in [6.45, 7) is 0.237. The molecule has 0 amide bonds. The number of hydrogen-bond donors (Lipinski definition) is 1. The normalized spacial score (nSPS) is 11.8. The van der Waals surface area contributed by atoms with Crippen LogP contribution in [-0.2, 0) is 11.3 Å². The highest BCUT2D eigenvalue weighted by Crippen LogP contribution is 2.25. The van der Waals surface area contributed by atoms with E-state index in [4.69, 9.17) is 18.9 Å². The molecule has 0 aliphatic carbocycles. The minimum absolute atomic E-state index is 0.237. The van der Waals surface area contributed by atoms with Gasteiger partial charge in [0.1, 0.15) is 17.2 Å². The number of benzene rings is 2. The average Bonchev–Trinajstić information content (AvgIpc) is 2.59. The maximum atomic E-state index is 10.1. The van der Waals surface area contributed by atoms with E-state index in [1.54, 1.807) is 51.7 Å². The van der Waals surface area contributed by atoms with Crippen LogP contribution in [0.25, 0.3) is 0 Å². The molecule has 0 radical (unpaired) electrons. The molecule has 22 heavy (non-hydrogen) atoms. The van der Waals surface area contributed by atoms with Gasteiger partial charge in [-0.3, -0.25) is 0 Å². The molecule has 0 aliphatic rings. The Bertz CT molecular complexity index is 572. The van der Waals surface area contributed by atoms with Crippen molar-refractivity contribution in [1.82, 2.24) is 0 Å². The van der Waals surface area contributed by atoms with Crippen molar-refractivity contribution in [3.05, 3.63) is 53.6 Å². The number of aliphatic hydroxyl groups excluding tert-OH is 1. The zero-order chi connectivity index (χ0) is 15.9. The molecule has 0 aliphatic heterocycles. The van der Waals surface area contributed by atoms with Crippen molar-refractivity contribution in [2.75, 3.05) is 21.3 Å². The first-order valence-corrected chi connectivity index (χ1v) is 6.82. The molecule has 1 atom stereocenters. The van der Waals surface area contributed by atoms with Gasteiger partial charge in [0.2, 0.25) is 0 Å². The van der Waals surface area contributed by atoms with Crippen LogP contribution in [-0.4, -0.2) is 26.4 Å². The molecule has 2 rings (SSSR count). The van der Waals surface area contributed by atoms with Crippen LogP contribution in [0.3, 0.4) is 0 Å². The lowest BCUT2D eigenvalue weighted by Crippen LogP contribution is -2.04. The highest BCUT2D eigenvalue weighted by molar-refractivity contribution is 5.38. The van der Waals surface area contributed by atoms with Gasteiger partial charge in [0, 0.05) is 11.6 Å². The second kappa shape index (κ2) is 7.68. The monoisotopic (exact) mass is 304 g/mol. The number of rotatable bonds is 7. The van der Waals surface area contributed by atoms with Crippen molar-refractivity contribution < 1.29 is 24.1 Å². The maximum Gasteiger partial charge on any atom is 0.181 e. The van der Waals surface area contributed by atoms with Crippen molar-refractivity contribution in [3.63, 3.8) is 0 Å². The van der Waals surface area contributed by atoms with Gasteiger partial charge in [0.25, 0.3) is 0 Å². The molecule has 2 aromatic carbocycles. The molecule has 0 heterocycles. The predicted octanol–water partition coefficient (Wildman–Crippen LogP) is 2.92. The van der Waals surface area contributed by atoms with Crippen LogP contribution in [0.15, 0.2) is 42.5 Å². The molecule has 0 aromatic heterocycles. The SMILES string of the molecule is COc1ccc(C(O)OCc2cc(OC)cc(OC)c2)cc1. The molecular weight excluding hydrogens is 284 g/mol. The second-order valence-corrected chi connectivity index (χ2v) is 4.66. The Kier molecular flexibility index (Phi) is 5.63. The summed E-state index contributed by atoms with van der Waals surface area (Å²) in [7, 11) is 4.77. The van der Waals surface area contributed by atoms with Crippen LogP contribution in [0.4, 0.5) is 0 Å². The van der Waals surface area contributed by atoms with Crippen molar-refractivity contribution in [3.8, 4) is 17.2 Å². The van der Waals surface area contributed by atoms with E-state index in [0.717, 1.165) is 11.3 Å². The van der Waals surface area contributed by atoms with Gasteiger partial charge in [-0.15, -0.1) is 0 Å². The fourth-order valence-electron chi connectivity index (χ4n) is 1.99. The minimum atomic E-state index is -1.01. The molecule has 0 fully saturated rings. The van der Waals surface area contributed by atoms with E-state index in [-0.39, 0.29) is 6.61 Å². The van der Waals surface area contributed by atoms with Crippen LogP contribution in [0.2, 0.25) is 0 Å². The first-order chi connectivity index (χ1) is 10.7. The standard InChI is InChI=1S/C17H20O5/c1-19-14-6-4-13(5-7-14)17(18)22-11-12-8-15(20-2)10-16(9-12)21-3/h4-10,17-18H,11H2,1-3H3. The van der Waals surface area contributed by atoms with E-state index in [2.05, 4.69) is 0 Å². The van der Waals surface area contributed by atoms with E-state index in [0.29, 0.717) is 17.1 Å². The summed E-state index contributed by atoms with van der Waals surface area (Å²) in [5.74, 6) is 2.09. The van der Waals surface area contributed by atoms with Crippen LogP contribution in [0.5, 0.6) is 17.2 Å². The van der Waals surface area contributed by atoms with Crippen molar-refractivity contribution in [2.45, 2.75) is 12.9 Å². The Morgan fingerprint density at radius 2 is 1.36 bits per heavy atom. The van der Waals surface area contributed by atoms with Crippen molar-refractivity contribution in [1.29, 1.82) is 0 Å². The van der Waals surface area contributed by atoms with Crippen LogP contribution < -0.4 is 14.2 Å². The van der Waals surface area contributed by atoms with Gasteiger partial charge in [-0.25, -0.2) is 0 Å². The van der Waals surface area contributed by atoms with Gasteiger partial charge < -0.3 is 24.1 Å². The van der Waals surface area contributed by atoms with Crippen LogP contribution >= 0.6 is 0 Å². The Balaban J connectivity index is 2.02. The molecule has 0 bridgehead atoms. The number of methoxy groups -OCH3 is 3. The Morgan fingerprint density at radius 1 is 0.818 bits per heavy atom. The molecule has 0 spiro atoms. The first-order valence-electron chi connectivity index (χ1n) is 6.82. The number of aliphatic hydroxyl groups is 1. The van der Waals surface area contributed by atoms with E-state index in [1.807, 2.05) is 12.1 Å². The summed E-state index contributed by atoms with van der Waals surface area (Å²) < 4.78 is 21.0. The maximum absolute atomic E-state index is 10.1. The van der Waals surface area contributed by atoms with Gasteiger partial charge in [-0.2, -0.15) is 0 Å². The molecule has 5 heteroatoms. The molecule has 1 unspecified atom stereocenters. The Morgan fingerprint density at radius 3 is 1.86 bits per heavy atom. The third-order valence-electron chi connectivity index (χ3n) is 3.22. The minimum Gasteiger partial charge on any atom is -0.497 e. The smallest absolute Gasteiger partial charge is 0.181 e. The average molecular weight is 304 g/mol. The summed E-state index contributed by atoms with van der Waals surface area (Å²) in [5, 5.41) is 10.1. The van der Waals surface area contributed by atoms with Gasteiger partial charge in [0.15, 0.2) is 6.29 Å². The summed E-state index contributed by atoms with van der Waals surface area (Å²) in [6, 6.07) is 12.5. The Labute approximate surface area is 130 Å². The number of hydrogen-bond acceptors (Lipinski definition) is 5. The van der Waals surface area contributed by atoms with Crippen LogP contribution in [0.1, 0.15) is 17.4 Å². The first kappa shape index (κ1) is 16.1. The molecular formula is C17H20O5. The molecule has 5 nitrogen and oxygen atoms in total. The van der Waals surface area contributed by atoms with Crippen molar-refractivity contribution >= 4 is 0 Å². The second-order valence-electron chi connectivity index (χ2n) is 4.66. The van der Waals surface area contributed by atoms with Gasteiger partial charge in [-0.1, -0.05) is 12.1 Å². The third-order valence-corrected chi connectivity index (χ3v) is 3.22. The summed E-state index contributed by atoms with van der Waals surface area (Å²) >= 11 is 0. The van der Waals surface area contributed by atoms with E-state index < -0.39 is 6.29 Å². The fourth-order valence-corrected chi connectivity index (χ4v) is 1.99. The van der Waals surface area contributed by atoms with Gasteiger partial charge in [-0.05, 0) is 29.8 Å². The van der Waals surface area contributed by atoms with E-state index >= 15 is 0 Å². The van der Waals surface area contributed by atoms with Gasteiger partial charge >= 0.3 is 0 Å². The summed E-state index contributed by atoms with van der Waals surface area (Å²) in [6.07, 6.45) is -1.01. The van der Waals surface area contributed by atoms with Gasteiger partial charge in [0.05, 0.1) is 27.9 Å². The lowest BCUT2D eigenvalue weighted by atomic mass is 10.2. The zero-order valence-electron chi connectivity index (χ0n) is 12.9. The third kappa shape index (κ3) is 4.13. The molecule has 1 N–H and O–H groups in total. The molecule has 2 aromatic rings. The van der Waals surface area contributed by atoms with E-state index in [1.165, 1.54) is 0 Å². The molecule has 0 saturated heterocycles. The summed E-state index contributed by atoms with van der Waals surface area (Å²) in [4.78, 5) is 0. The quantitative estimate of drug-likeness (QED) is 0.797.